The van der Waals surface area contributed by atoms with Gasteiger partial charge in [-0.2, -0.15) is 0 Å². The minimum Gasteiger partial charge on any atom is -0.352 e. The Bertz CT molecular complexity index is 718. The van der Waals surface area contributed by atoms with Crippen LogP contribution < -0.4 is 4.72 Å². The second-order valence-electron chi connectivity index (χ2n) is 4.73. The van der Waals surface area contributed by atoms with Crippen molar-refractivity contribution >= 4 is 10.0 Å². The van der Waals surface area contributed by atoms with E-state index in [1.165, 1.54) is 12.1 Å². The first kappa shape index (κ1) is 14.7. The molecule has 0 aliphatic rings. The highest BCUT2D eigenvalue weighted by Crippen LogP contribution is 2.15. The van der Waals surface area contributed by atoms with E-state index in [-0.39, 0.29) is 11.4 Å². The van der Waals surface area contributed by atoms with Crippen LogP contribution in [0.3, 0.4) is 0 Å². The lowest BCUT2D eigenvalue weighted by Crippen LogP contribution is -2.23. The Morgan fingerprint density at radius 3 is 2.30 bits per heavy atom. The maximum Gasteiger partial charge on any atom is 0.240 e. The molecule has 108 valence electrons. The molecule has 0 fully saturated rings. The smallest absolute Gasteiger partial charge is 0.240 e. The lowest BCUT2D eigenvalue weighted by Gasteiger charge is -2.07. The van der Waals surface area contributed by atoms with Crippen molar-refractivity contribution in [3.63, 3.8) is 0 Å². The standard InChI is InChI=1S/C14H17FN2O2S/c1-10-8-12(11(2)17(10)3)9-16-20(18,19)14-6-4-13(15)5-7-14/h4-8,16H,9H2,1-3H3. The van der Waals surface area contributed by atoms with E-state index in [2.05, 4.69) is 4.72 Å². The summed E-state index contributed by atoms with van der Waals surface area (Å²) >= 11 is 0. The highest BCUT2D eigenvalue weighted by molar-refractivity contribution is 7.89. The normalized spacial score (nSPS) is 11.8. The average Bonchev–Trinajstić information content (AvgIpc) is 2.64. The van der Waals surface area contributed by atoms with Crippen LogP contribution in [0.5, 0.6) is 0 Å². The highest BCUT2D eigenvalue weighted by Gasteiger charge is 2.15. The van der Waals surface area contributed by atoms with Gasteiger partial charge >= 0.3 is 0 Å². The van der Waals surface area contributed by atoms with Gasteiger partial charge in [-0.15, -0.1) is 0 Å². The van der Waals surface area contributed by atoms with E-state index in [1.807, 2.05) is 31.5 Å². The van der Waals surface area contributed by atoms with Crippen LogP contribution in [0.15, 0.2) is 35.2 Å². The van der Waals surface area contributed by atoms with Crippen molar-refractivity contribution in [3.05, 3.63) is 53.1 Å². The minimum atomic E-state index is -3.62. The van der Waals surface area contributed by atoms with Crippen LogP contribution in [0.4, 0.5) is 4.39 Å². The predicted octanol–water partition coefficient (Wildman–Crippen LogP) is 2.26. The number of benzene rings is 1. The first-order chi connectivity index (χ1) is 9.31. The third kappa shape index (κ3) is 2.91. The maximum absolute atomic E-state index is 12.8. The van der Waals surface area contributed by atoms with Gasteiger partial charge in [0.05, 0.1) is 4.90 Å². The zero-order valence-electron chi connectivity index (χ0n) is 11.6. The molecule has 0 saturated heterocycles. The van der Waals surface area contributed by atoms with Crippen LogP contribution in [0.25, 0.3) is 0 Å². The fraction of sp³-hybridized carbons (Fsp3) is 0.286. The summed E-state index contributed by atoms with van der Waals surface area (Å²) in [5.41, 5.74) is 3.01. The van der Waals surface area contributed by atoms with Gasteiger partial charge < -0.3 is 4.57 Å². The second kappa shape index (κ2) is 5.38. The third-order valence-corrected chi connectivity index (χ3v) is 4.87. The van der Waals surface area contributed by atoms with Crippen molar-refractivity contribution in [2.45, 2.75) is 25.3 Å². The molecular formula is C14H17FN2O2S. The van der Waals surface area contributed by atoms with E-state index in [0.717, 1.165) is 29.1 Å². The Labute approximate surface area is 118 Å². The first-order valence-corrected chi connectivity index (χ1v) is 7.66. The first-order valence-electron chi connectivity index (χ1n) is 6.18. The molecule has 0 spiro atoms. The molecule has 0 atom stereocenters. The summed E-state index contributed by atoms with van der Waals surface area (Å²) in [7, 11) is -1.69. The van der Waals surface area contributed by atoms with Crippen molar-refractivity contribution in [1.29, 1.82) is 0 Å². The van der Waals surface area contributed by atoms with Gasteiger partial charge in [0.1, 0.15) is 5.82 Å². The van der Waals surface area contributed by atoms with E-state index in [1.54, 1.807) is 0 Å². The van der Waals surface area contributed by atoms with E-state index >= 15 is 0 Å². The second-order valence-corrected chi connectivity index (χ2v) is 6.50. The molecule has 0 unspecified atom stereocenters. The van der Waals surface area contributed by atoms with Gasteiger partial charge in [0, 0.05) is 25.0 Å². The van der Waals surface area contributed by atoms with Crippen LogP contribution in [0.1, 0.15) is 17.0 Å². The predicted molar refractivity (Wildman–Crippen MR) is 75.3 cm³/mol. The van der Waals surface area contributed by atoms with Gasteiger partial charge in [-0.1, -0.05) is 0 Å². The number of hydrogen-bond acceptors (Lipinski definition) is 2. The van der Waals surface area contributed by atoms with Gasteiger partial charge in [-0.3, -0.25) is 0 Å². The summed E-state index contributed by atoms with van der Waals surface area (Å²) in [6, 6.07) is 6.71. The van der Waals surface area contributed by atoms with Crippen molar-refractivity contribution in [2.24, 2.45) is 7.05 Å². The van der Waals surface area contributed by atoms with E-state index in [0.29, 0.717) is 0 Å². The molecule has 0 bridgehead atoms. The number of nitrogens with zero attached hydrogens (tertiary/aromatic N) is 1. The van der Waals surface area contributed by atoms with Crippen LogP contribution in [-0.2, 0) is 23.6 Å². The number of rotatable bonds is 4. The Morgan fingerprint density at radius 1 is 1.20 bits per heavy atom. The molecule has 1 aromatic heterocycles. The number of aryl methyl sites for hydroxylation is 1. The van der Waals surface area contributed by atoms with Crippen LogP contribution in [0, 0.1) is 19.7 Å². The maximum atomic E-state index is 12.8. The lowest BCUT2D eigenvalue weighted by atomic mass is 10.2. The summed E-state index contributed by atoms with van der Waals surface area (Å²) in [6.07, 6.45) is 0. The summed E-state index contributed by atoms with van der Waals surface area (Å²) in [4.78, 5) is 0.0595. The van der Waals surface area contributed by atoms with E-state index in [9.17, 15) is 12.8 Å². The molecule has 0 radical (unpaired) electrons. The molecule has 20 heavy (non-hydrogen) atoms. The largest absolute Gasteiger partial charge is 0.352 e. The van der Waals surface area contributed by atoms with Gasteiger partial charge in [-0.25, -0.2) is 17.5 Å². The zero-order chi connectivity index (χ0) is 14.9. The molecule has 0 aliphatic carbocycles. The molecule has 0 aliphatic heterocycles. The van der Waals surface area contributed by atoms with Gasteiger partial charge in [0.2, 0.25) is 10.0 Å². The minimum absolute atomic E-state index is 0.0595. The fourth-order valence-corrected chi connectivity index (χ4v) is 2.99. The third-order valence-electron chi connectivity index (χ3n) is 3.46. The number of halogens is 1. The summed E-state index contributed by atoms with van der Waals surface area (Å²) in [5, 5.41) is 0. The molecule has 1 heterocycles. The molecule has 6 heteroatoms. The van der Waals surface area contributed by atoms with E-state index in [4.69, 9.17) is 0 Å². The van der Waals surface area contributed by atoms with Crippen LogP contribution >= 0.6 is 0 Å². The number of nitrogens with one attached hydrogen (secondary N) is 1. The molecule has 4 nitrogen and oxygen atoms in total. The summed E-state index contributed by atoms with van der Waals surface area (Å²) in [5.74, 6) is -0.460. The number of sulfonamides is 1. The van der Waals surface area contributed by atoms with Crippen molar-refractivity contribution in [2.75, 3.05) is 0 Å². The number of hydrogen-bond donors (Lipinski definition) is 1. The molecule has 2 aromatic rings. The molecule has 0 saturated carbocycles. The molecular weight excluding hydrogens is 279 g/mol. The topological polar surface area (TPSA) is 51.1 Å². The van der Waals surface area contributed by atoms with E-state index < -0.39 is 15.8 Å². The van der Waals surface area contributed by atoms with Crippen LogP contribution in [0.2, 0.25) is 0 Å². The molecule has 2 rings (SSSR count). The Kier molecular flexibility index (Phi) is 3.96. The summed E-state index contributed by atoms with van der Waals surface area (Å²) in [6.45, 7) is 4.12. The van der Waals surface area contributed by atoms with Crippen molar-refractivity contribution in [3.8, 4) is 0 Å². The Morgan fingerprint density at radius 2 is 1.80 bits per heavy atom. The quantitative estimate of drug-likeness (QED) is 0.941. The monoisotopic (exact) mass is 296 g/mol. The Hall–Kier alpha value is -1.66. The van der Waals surface area contributed by atoms with Crippen molar-refractivity contribution < 1.29 is 12.8 Å². The van der Waals surface area contributed by atoms with Gasteiger partial charge in [0.25, 0.3) is 0 Å². The van der Waals surface area contributed by atoms with Gasteiger partial charge in [-0.05, 0) is 49.7 Å². The zero-order valence-corrected chi connectivity index (χ0v) is 12.5. The Balaban J connectivity index is 2.17. The number of aromatic nitrogens is 1. The highest BCUT2D eigenvalue weighted by atomic mass is 32.2. The lowest BCUT2D eigenvalue weighted by molar-refractivity contribution is 0.580. The molecule has 1 aromatic carbocycles. The van der Waals surface area contributed by atoms with Crippen LogP contribution in [-0.4, -0.2) is 13.0 Å². The summed E-state index contributed by atoms with van der Waals surface area (Å²) < 4.78 is 41.5. The fourth-order valence-electron chi connectivity index (χ4n) is 1.98. The SMILES string of the molecule is Cc1cc(CNS(=O)(=O)c2ccc(F)cc2)c(C)n1C. The van der Waals surface area contributed by atoms with Crippen molar-refractivity contribution in [1.82, 2.24) is 9.29 Å². The molecule has 0 amide bonds. The average molecular weight is 296 g/mol. The molecule has 1 N–H and O–H groups in total. The van der Waals surface area contributed by atoms with Gasteiger partial charge in [0.15, 0.2) is 0 Å².